The fourth-order valence-electron chi connectivity index (χ4n) is 2.23. The highest BCUT2D eigenvalue weighted by molar-refractivity contribution is 5.79. The van der Waals surface area contributed by atoms with Gasteiger partial charge in [-0.25, -0.2) is 0 Å². The number of amides is 1. The third-order valence-electron chi connectivity index (χ3n) is 3.34. The number of carbonyl (C=O) groups excluding carboxylic acids is 1. The lowest BCUT2D eigenvalue weighted by Crippen LogP contribution is -2.32. The first-order valence-corrected chi connectivity index (χ1v) is 6.85. The van der Waals surface area contributed by atoms with Crippen molar-refractivity contribution < 1.29 is 9.32 Å². The van der Waals surface area contributed by atoms with E-state index in [0.29, 0.717) is 18.9 Å². The van der Waals surface area contributed by atoms with E-state index in [1.807, 2.05) is 19.0 Å². The minimum atomic E-state index is 0.0627. The number of hydrogen-bond acceptors (Lipinski definition) is 5. The molecule has 106 valence electrons. The second-order valence-electron chi connectivity index (χ2n) is 5.34. The predicted molar refractivity (Wildman–Crippen MR) is 70.8 cm³/mol. The largest absolute Gasteiger partial charge is 0.341 e. The first kappa shape index (κ1) is 14.0. The lowest BCUT2D eigenvalue weighted by Gasteiger charge is -2.18. The second-order valence-corrected chi connectivity index (χ2v) is 5.34. The summed E-state index contributed by atoms with van der Waals surface area (Å²) in [7, 11) is 4.01. The summed E-state index contributed by atoms with van der Waals surface area (Å²) < 4.78 is 5.27. The van der Waals surface area contributed by atoms with Crippen LogP contribution in [0, 0.1) is 0 Å². The lowest BCUT2D eigenvalue weighted by atomic mass is 10.1. The summed E-state index contributed by atoms with van der Waals surface area (Å²) in [6, 6.07) is 0. The molecule has 0 saturated carbocycles. The molecule has 0 aliphatic carbocycles. The summed E-state index contributed by atoms with van der Waals surface area (Å²) >= 11 is 0. The molecule has 6 nitrogen and oxygen atoms in total. The molecular formula is C13H22N4O2. The molecule has 2 heterocycles. The summed E-state index contributed by atoms with van der Waals surface area (Å²) in [6.07, 6.45) is 2.31. The molecule has 1 amide bonds. The number of likely N-dealkylation sites (N-methyl/N-ethyl adjacent to an activating group) is 1. The van der Waals surface area contributed by atoms with Gasteiger partial charge in [-0.2, -0.15) is 4.98 Å². The van der Waals surface area contributed by atoms with Gasteiger partial charge < -0.3 is 14.3 Å². The molecule has 1 atom stereocenters. The van der Waals surface area contributed by atoms with Crippen LogP contribution in [0.15, 0.2) is 4.52 Å². The van der Waals surface area contributed by atoms with Crippen LogP contribution in [0.4, 0.5) is 0 Å². The molecule has 0 bridgehead atoms. The zero-order valence-corrected chi connectivity index (χ0v) is 11.9. The topological polar surface area (TPSA) is 62.5 Å². The Morgan fingerprint density at radius 3 is 2.95 bits per heavy atom. The van der Waals surface area contributed by atoms with Crippen molar-refractivity contribution in [2.75, 3.05) is 33.7 Å². The first-order valence-electron chi connectivity index (χ1n) is 6.85. The van der Waals surface area contributed by atoms with Crippen molar-refractivity contribution in [2.45, 2.75) is 32.1 Å². The second kappa shape index (κ2) is 6.14. The van der Waals surface area contributed by atoms with Crippen molar-refractivity contribution in [3.63, 3.8) is 0 Å². The van der Waals surface area contributed by atoms with Gasteiger partial charge in [0.2, 0.25) is 11.8 Å². The van der Waals surface area contributed by atoms with Crippen LogP contribution in [0.1, 0.15) is 37.4 Å². The van der Waals surface area contributed by atoms with Crippen molar-refractivity contribution >= 4 is 5.91 Å². The Labute approximate surface area is 113 Å². The van der Waals surface area contributed by atoms with Crippen LogP contribution in [0.3, 0.4) is 0 Å². The van der Waals surface area contributed by atoms with Gasteiger partial charge in [0, 0.05) is 32.5 Å². The number of aromatic nitrogens is 2. The van der Waals surface area contributed by atoms with Crippen molar-refractivity contribution in [3.05, 3.63) is 11.7 Å². The van der Waals surface area contributed by atoms with Crippen LogP contribution in [0.25, 0.3) is 0 Å². The fraction of sp³-hybridized carbons (Fsp3) is 0.769. The smallest absolute Gasteiger partial charge is 0.232 e. The molecular weight excluding hydrogens is 244 g/mol. The van der Waals surface area contributed by atoms with E-state index in [1.54, 1.807) is 0 Å². The number of likely N-dealkylation sites (tertiary alicyclic amines) is 1. The first-order chi connectivity index (χ1) is 9.10. The van der Waals surface area contributed by atoms with E-state index in [1.165, 1.54) is 0 Å². The van der Waals surface area contributed by atoms with Gasteiger partial charge in [-0.05, 0) is 20.5 Å². The quantitative estimate of drug-likeness (QED) is 0.765. The van der Waals surface area contributed by atoms with Crippen LogP contribution in [-0.4, -0.2) is 59.6 Å². The Morgan fingerprint density at radius 1 is 1.47 bits per heavy atom. The number of rotatable bonds is 6. The van der Waals surface area contributed by atoms with E-state index in [9.17, 15) is 4.79 Å². The van der Waals surface area contributed by atoms with Crippen molar-refractivity contribution in [1.82, 2.24) is 19.9 Å². The van der Waals surface area contributed by atoms with Gasteiger partial charge in [0.05, 0.1) is 5.92 Å². The maximum absolute atomic E-state index is 11.9. The van der Waals surface area contributed by atoms with Gasteiger partial charge in [-0.15, -0.1) is 0 Å². The minimum absolute atomic E-state index is 0.0627. The summed E-state index contributed by atoms with van der Waals surface area (Å²) in [5.41, 5.74) is 0. The van der Waals surface area contributed by atoms with E-state index in [2.05, 4.69) is 22.0 Å². The highest BCUT2D eigenvalue weighted by atomic mass is 16.5. The molecule has 0 radical (unpaired) electrons. The molecule has 1 saturated heterocycles. The zero-order valence-electron chi connectivity index (χ0n) is 11.9. The van der Waals surface area contributed by atoms with Gasteiger partial charge in [0.1, 0.15) is 0 Å². The van der Waals surface area contributed by atoms with Gasteiger partial charge in [0.25, 0.3) is 0 Å². The highest BCUT2D eigenvalue weighted by Gasteiger charge is 2.33. The number of nitrogens with zero attached hydrogens (tertiary/aromatic N) is 4. The fourth-order valence-corrected chi connectivity index (χ4v) is 2.23. The summed E-state index contributed by atoms with van der Waals surface area (Å²) in [6.45, 7) is 4.42. The molecule has 0 N–H and O–H groups in total. The zero-order chi connectivity index (χ0) is 13.8. The summed E-state index contributed by atoms with van der Waals surface area (Å²) in [4.78, 5) is 20.3. The monoisotopic (exact) mass is 266 g/mol. The minimum Gasteiger partial charge on any atom is -0.341 e. The third-order valence-corrected chi connectivity index (χ3v) is 3.34. The van der Waals surface area contributed by atoms with Gasteiger partial charge in [0.15, 0.2) is 5.82 Å². The molecule has 6 heteroatoms. The SMILES string of the molecule is CCCc1noc([C@H]2CC(=O)N(CCN(C)C)C2)n1. The van der Waals surface area contributed by atoms with E-state index < -0.39 is 0 Å². The van der Waals surface area contributed by atoms with Gasteiger partial charge in [-0.3, -0.25) is 4.79 Å². The van der Waals surface area contributed by atoms with Gasteiger partial charge in [-0.1, -0.05) is 12.1 Å². The maximum Gasteiger partial charge on any atom is 0.232 e. The summed E-state index contributed by atoms with van der Waals surface area (Å²) in [5.74, 6) is 1.61. The van der Waals surface area contributed by atoms with Crippen LogP contribution in [0.5, 0.6) is 0 Å². The maximum atomic E-state index is 11.9. The molecule has 1 aliphatic heterocycles. The average Bonchev–Trinajstić information content (AvgIpc) is 2.94. The van der Waals surface area contributed by atoms with Crippen LogP contribution in [0.2, 0.25) is 0 Å². The summed E-state index contributed by atoms with van der Waals surface area (Å²) in [5, 5.41) is 3.95. The Morgan fingerprint density at radius 2 is 2.26 bits per heavy atom. The molecule has 19 heavy (non-hydrogen) atoms. The Balaban J connectivity index is 1.93. The van der Waals surface area contributed by atoms with Gasteiger partial charge >= 0.3 is 0 Å². The van der Waals surface area contributed by atoms with E-state index in [-0.39, 0.29) is 11.8 Å². The standard InChI is InChI=1S/C13H22N4O2/c1-4-5-11-14-13(19-15-11)10-8-12(18)17(9-10)7-6-16(2)3/h10H,4-9H2,1-3H3/t10-/m0/s1. The Kier molecular flexibility index (Phi) is 4.52. The molecule has 1 aliphatic rings. The highest BCUT2D eigenvalue weighted by Crippen LogP contribution is 2.26. The molecule has 1 fully saturated rings. The number of hydrogen-bond donors (Lipinski definition) is 0. The average molecular weight is 266 g/mol. The normalized spacial score (nSPS) is 19.7. The molecule has 0 spiro atoms. The lowest BCUT2D eigenvalue weighted by molar-refractivity contribution is -0.127. The molecule has 1 aromatic heterocycles. The van der Waals surface area contributed by atoms with Crippen molar-refractivity contribution in [2.24, 2.45) is 0 Å². The van der Waals surface area contributed by atoms with Crippen molar-refractivity contribution in [1.29, 1.82) is 0 Å². The van der Waals surface area contributed by atoms with E-state index in [4.69, 9.17) is 4.52 Å². The Bertz CT molecular complexity index is 430. The molecule has 0 unspecified atom stereocenters. The predicted octanol–water partition coefficient (Wildman–Crippen LogP) is 0.900. The molecule has 2 rings (SSSR count). The van der Waals surface area contributed by atoms with E-state index >= 15 is 0 Å². The van der Waals surface area contributed by atoms with Crippen LogP contribution in [-0.2, 0) is 11.2 Å². The molecule has 1 aromatic rings. The van der Waals surface area contributed by atoms with E-state index in [0.717, 1.165) is 31.8 Å². The number of aryl methyl sites for hydroxylation is 1. The third kappa shape index (κ3) is 3.53. The number of carbonyl (C=O) groups is 1. The van der Waals surface area contributed by atoms with Crippen molar-refractivity contribution in [3.8, 4) is 0 Å². The van der Waals surface area contributed by atoms with Crippen LogP contribution < -0.4 is 0 Å². The van der Waals surface area contributed by atoms with Crippen LogP contribution >= 0.6 is 0 Å². The Hall–Kier alpha value is -1.43. The molecule has 0 aromatic carbocycles.